The first kappa shape index (κ1) is 22.3. The molecule has 2 aromatic carbocycles. The van der Waals surface area contributed by atoms with Crippen LogP contribution in [0.25, 0.3) is 21.6 Å². The number of nitrogens with one attached hydrogen (secondary N) is 1. The number of carbonyl (C=O) groups is 1. The molecular formula is C27H24N4O2S2. The lowest BCUT2D eigenvalue weighted by atomic mass is 10.0. The van der Waals surface area contributed by atoms with Crippen molar-refractivity contribution in [2.24, 2.45) is 0 Å². The zero-order valence-electron chi connectivity index (χ0n) is 19.0. The fourth-order valence-electron chi connectivity index (χ4n) is 4.54. The van der Waals surface area contributed by atoms with Crippen LogP contribution in [0.3, 0.4) is 0 Å². The van der Waals surface area contributed by atoms with E-state index in [1.54, 1.807) is 11.3 Å². The van der Waals surface area contributed by atoms with E-state index in [1.807, 2.05) is 72.2 Å². The van der Waals surface area contributed by atoms with E-state index in [0.717, 1.165) is 51.8 Å². The minimum Gasteiger partial charge on any atom is -0.376 e. The fourth-order valence-corrected chi connectivity index (χ4v) is 6.37. The number of thiophene rings is 1. The van der Waals surface area contributed by atoms with Crippen molar-refractivity contribution >= 4 is 39.8 Å². The monoisotopic (exact) mass is 500 g/mol. The van der Waals surface area contributed by atoms with Crippen molar-refractivity contribution in [1.29, 1.82) is 0 Å². The number of ketones is 1. The lowest BCUT2D eigenvalue weighted by molar-refractivity contribution is 0.0953. The number of H-pyrrole nitrogens is 1. The number of nitrogens with zero attached hydrogens (tertiary/aromatic N) is 3. The first-order valence-electron chi connectivity index (χ1n) is 11.7. The molecule has 0 aliphatic carbocycles. The summed E-state index contributed by atoms with van der Waals surface area (Å²) in [5.74, 6) is 0.868. The topological polar surface area (TPSA) is 72.8 Å². The summed E-state index contributed by atoms with van der Waals surface area (Å²) >= 11 is 3.10. The number of thioether (sulfide) groups is 1. The van der Waals surface area contributed by atoms with E-state index in [1.165, 1.54) is 11.8 Å². The second kappa shape index (κ2) is 9.81. The molecule has 6 rings (SSSR count). The maximum Gasteiger partial charge on any atom is 0.192 e. The predicted octanol–water partition coefficient (Wildman–Crippen LogP) is 6.38. The van der Waals surface area contributed by atoms with E-state index in [4.69, 9.17) is 4.74 Å². The van der Waals surface area contributed by atoms with Crippen LogP contribution in [0.2, 0.25) is 0 Å². The van der Waals surface area contributed by atoms with Crippen molar-refractivity contribution in [1.82, 2.24) is 19.7 Å². The molecule has 1 fully saturated rings. The Hall–Kier alpha value is -3.20. The third kappa shape index (κ3) is 4.45. The Morgan fingerprint density at radius 3 is 2.77 bits per heavy atom. The van der Waals surface area contributed by atoms with Gasteiger partial charge in [0.2, 0.25) is 0 Å². The van der Waals surface area contributed by atoms with Gasteiger partial charge in [-0.15, -0.1) is 21.5 Å². The van der Waals surface area contributed by atoms with Crippen molar-refractivity contribution in [3.63, 3.8) is 0 Å². The Morgan fingerprint density at radius 1 is 1.11 bits per heavy atom. The highest BCUT2D eigenvalue weighted by molar-refractivity contribution is 8.00. The zero-order valence-corrected chi connectivity index (χ0v) is 20.6. The Kier molecular flexibility index (Phi) is 6.24. The Bertz CT molecular complexity index is 1440. The van der Waals surface area contributed by atoms with Gasteiger partial charge in [-0.25, -0.2) is 0 Å². The lowest BCUT2D eigenvalue weighted by Crippen LogP contribution is -2.17. The number of rotatable bonds is 8. The van der Waals surface area contributed by atoms with Gasteiger partial charge in [-0.2, -0.15) is 0 Å². The highest BCUT2D eigenvalue weighted by Gasteiger charge is 2.29. The number of fused-ring (bicyclic) bond motifs is 1. The second-order valence-corrected chi connectivity index (χ2v) is 10.6. The Balaban J connectivity index is 1.40. The lowest BCUT2D eigenvalue weighted by Gasteiger charge is -2.18. The van der Waals surface area contributed by atoms with E-state index >= 15 is 0 Å². The summed E-state index contributed by atoms with van der Waals surface area (Å²) in [6.07, 6.45) is 4.03. The van der Waals surface area contributed by atoms with Crippen molar-refractivity contribution < 1.29 is 9.53 Å². The van der Waals surface area contributed by atoms with Crippen molar-refractivity contribution in [3.05, 3.63) is 89.4 Å². The molecular weight excluding hydrogens is 476 g/mol. The molecule has 8 heteroatoms. The number of aromatic nitrogens is 4. The maximum atomic E-state index is 14.0. The number of ether oxygens (including phenoxy) is 1. The van der Waals surface area contributed by atoms with Crippen LogP contribution in [0.4, 0.5) is 0 Å². The number of hydrogen-bond acceptors (Lipinski definition) is 6. The zero-order chi connectivity index (χ0) is 23.6. The molecule has 0 bridgehead atoms. The third-order valence-corrected chi connectivity index (χ3v) is 8.39. The first-order chi connectivity index (χ1) is 17.3. The highest BCUT2D eigenvalue weighted by atomic mass is 32.2. The van der Waals surface area contributed by atoms with E-state index in [9.17, 15) is 4.79 Å². The van der Waals surface area contributed by atoms with Crippen LogP contribution < -0.4 is 0 Å². The summed E-state index contributed by atoms with van der Waals surface area (Å²) in [6, 6.07) is 21.9. The van der Waals surface area contributed by atoms with Crippen molar-refractivity contribution in [2.75, 3.05) is 6.61 Å². The molecule has 1 aliphatic heterocycles. The van der Waals surface area contributed by atoms with E-state index in [-0.39, 0.29) is 11.9 Å². The molecule has 0 radical (unpaired) electrons. The number of benzene rings is 2. The van der Waals surface area contributed by atoms with Crippen LogP contribution in [-0.4, -0.2) is 38.2 Å². The van der Waals surface area contributed by atoms with Gasteiger partial charge in [-0.1, -0.05) is 66.4 Å². The van der Waals surface area contributed by atoms with Crippen LogP contribution in [0.15, 0.2) is 83.5 Å². The van der Waals surface area contributed by atoms with Crippen LogP contribution in [-0.2, 0) is 11.3 Å². The molecule has 3 aromatic heterocycles. The van der Waals surface area contributed by atoms with E-state index in [0.29, 0.717) is 12.1 Å². The van der Waals surface area contributed by atoms with Crippen molar-refractivity contribution in [2.45, 2.75) is 35.9 Å². The van der Waals surface area contributed by atoms with Gasteiger partial charge in [0.05, 0.1) is 17.5 Å². The van der Waals surface area contributed by atoms with Gasteiger partial charge in [-0.05, 0) is 35.9 Å². The van der Waals surface area contributed by atoms with Crippen LogP contribution >= 0.6 is 23.1 Å². The average molecular weight is 501 g/mol. The molecule has 6 nitrogen and oxygen atoms in total. The van der Waals surface area contributed by atoms with Crippen LogP contribution in [0.1, 0.15) is 34.0 Å². The second-order valence-electron chi connectivity index (χ2n) is 8.55. The molecule has 5 aromatic rings. The summed E-state index contributed by atoms with van der Waals surface area (Å²) in [6.45, 7) is 1.46. The minimum absolute atomic E-state index is 0.0444. The van der Waals surface area contributed by atoms with Gasteiger partial charge in [0, 0.05) is 29.3 Å². The SMILES string of the molecule is O=C(c1c[nH]c2ccccc12)[C@H](Sc1nnc(-c2cccs2)n1C[C@H]1CCCO1)c1ccccc1. The Morgan fingerprint density at radius 2 is 1.97 bits per heavy atom. The normalized spacial score (nSPS) is 16.6. The van der Waals surface area contributed by atoms with Gasteiger partial charge in [-0.3, -0.25) is 9.36 Å². The number of aromatic amines is 1. The van der Waals surface area contributed by atoms with Crippen LogP contribution in [0, 0.1) is 0 Å². The molecule has 1 N–H and O–H groups in total. The van der Waals surface area contributed by atoms with Gasteiger partial charge < -0.3 is 9.72 Å². The summed E-state index contributed by atoms with van der Waals surface area (Å²) in [7, 11) is 0. The van der Waals surface area contributed by atoms with Crippen molar-refractivity contribution in [3.8, 4) is 10.7 Å². The summed E-state index contributed by atoms with van der Waals surface area (Å²) in [5.41, 5.74) is 2.58. The molecule has 4 heterocycles. The quantitative estimate of drug-likeness (QED) is 0.198. The molecule has 2 atom stereocenters. The first-order valence-corrected chi connectivity index (χ1v) is 13.4. The molecule has 1 aliphatic rings. The van der Waals surface area contributed by atoms with E-state index < -0.39 is 5.25 Å². The third-order valence-electron chi connectivity index (χ3n) is 6.29. The standard InChI is InChI=1S/C27H24N4O2S2/c32-24(21-16-28-22-12-5-4-11-20(21)22)25(18-8-2-1-3-9-18)35-27-30-29-26(23-13-7-15-34-23)31(27)17-19-10-6-14-33-19/h1-5,7-9,11-13,15-16,19,25,28H,6,10,14,17H2/t19-,25-/m1/s1. The summed E-state index contributed by atoms with van der Waals surface area (Å²) < 4.78 is 8.07. The molecule has 0 saturated carbocycles. The molecule has 0 spiro atoms. The van der Waals surface area contributed by atoms with Gasteiger partial charge in [0.1, 0.15) is 5.25 Å². The molecule has 0 amide bonds. The molecule has 0 unspecified atom stereocenters. The average Bonchev–Trinajstić information content (AvgIpc) is 3.71. The summed E-state index contributed by atoms with van der Waals surface area (Å²) in [4.78, 5) is 18.3. The molecule has 176 valence electrons. The number of carbonyl (C=O) groups excluding carboxylic acids is 1. The smallest absolute Gasteiger partial charge is 0.192 e. The molecule has 35 heavy (non-hydrogen) atoms. The summed E-state index contributed by atoms with van der Waals surface area (Å²) in [5, 5.41) is 12.4. The Labute approximate surface area is 211 Å². The largest absolute Gasteiger partial charge is 0.376 e. The fraction of sp³-hybridized carbons (Fsp3) is 0.222. The van der Waals surface area contributed by atoms with Gasteiger partial charge in [0.15, 0.2) is 16.8 Å². The minimum atomic E-state index is -0.459. The van der Waals surface area contributed by atoms with E-state index in [2.05, 4.69) is 25.8 Å². The van der Waals surface area contributed by atoms with Gasteiger partial charge >= 0.3 is 0 Å². The van der Waals surface area contributed by atoms with Crippen LogP contribution in [0.5, 0.6) is 0 Å². The van der Waals surface area contributed by atoms with Gasteiger partial charge in [0.25, 0.3) is 0 Å². The predicted molar refractivity (Wildman–Crippen MR) is 140 cm³/mol. The maximum absolute atomic E-state index is 14.0. The number of hydrogen-bond donors (Lipinski definition) is 1. The number of Topliss-reactive ketones (excluding diaryl/α,β-unsaturated/α-hetero) is 1. The molecule has 1 saturated heterocycles. The highest BCUT2D eigenvalue weighted by Crippen LogP contribution is 2.40. The number of para-hydroxylation sites is 1.